The van der Waals surface area contributed by atoms with E-state index in [4.69, 9.17) is 10.8 Å². The highest BCUT2D eigenvalue weighted by molar-refractivity contribution is 5.94. The van der Waals surface area contributed by atoms with Crippen molar-refractivity contribution in [2.45, 2.75) is 49.9 Å². The Morgan fingerprint density at radius 1 is 0.684 bits per heavy atom. The number of carboxylic acid groups (broad SMARTS) is 2. The van der Waals surface area contributed by atoms with Gasteiger partial charge in [-0.25, -0.2) is 4.79 Å². The molecule has 2 aromatic carbocycles. The molecule has 0 saturated carbocycles. The highest BCUT2D eigenvalue weighted by atomic mass is 16.4. The molecule has 8 N–H and O–H groups in total. The van der Waals surface area contributed by atoms with Crippen LogP contribution < -0.4 is 21.7 Å². The van der Waals surface area contributed by atoms with Gasteiger partial charge in [0.05, 0.1) is 6.61 Å². The first-order valence-electron chi connectivity index (χ1n) is 11.9. The van der Waals surface area contributed by atoms with Crippen LogP contribution >= 0.6 is 0 Å². The Balaban J connectivity index is 2.22. The number of benzene rings is 2. The molecule has 38 heavy (non-hydrogen) atoms. The molecular weight excluding hydrogens is 496 g/mol. The number of nitrogens with one attached hydrogen (secondary N) is 3. The van der Waals surface area contributed by atoms with Crippen molar-refractivity contribution in [3.05, 3.63) is 71.8 Å². The van der Waals surface area contributed by atoms with Crippen molar-refractivity contribution >= 4 is 29.7 Å². The zero-order chi connectivity index (χ0) is 28.1. The van der Waals surface area contributed by atoms with Gasteiger partial charge in [0.15, 0.2) is 0 Å². The van der Waals surface area contributed by atoms with Gasteiger partial charge in [-0.2, -0.15) is 0 Å². The number of carbonyl (C=O) groups excluding carboxylic acids is 3. The second-order valence-electron chi connectivity index (χ2n) is 8.62. The molecule has 0 bridgehead atoms. The normalized spacial score (nSPS) is 13.8. The van der Waals surface area contributed by atoms with E-state index in [-0.39, 0.29) is 19.3 Å². The van der Waals surface area contributed by atoms with Crippen LogP contribution in [0.3, 0.4) is 0 Å². The highest BCUT2D eigenvalue weighted by Gasteiger charge is 2.31. The van der Waals surface area contributed by atoms with Gasteiger partial charge in [-0.1, -0.05) is 60.7 Å². The van der Waals surface area contributed by atoms with Crippen LogP contribution in [0.2, 0.25) is 0 Å². The Labute approximate surface area is 219 Å². The molecular formula is C26H32N4O8. The van der Waals surface area contributed by atoms with Crippen LogP contribution in [0, 0.1) is 0 Å². The van der Waals surface area contributed by atoms with Crippen LogP contribution in [-0.4, -0.2) is 75.8 Å². The van der Waals surface area contributed by atoms with Crippen molar-refractivity contribution < 1.29 is 39.3 Å². The molecule has 204 valence electrons. The van der Waals surface area contributed by atoms with Crippen LogP contribution in [0.1, 0.15) is 24.0 Å². The monoisotopic (exact) mass is 528 g/mol. The number of carboxylic acids is 2. The van der Waals surface area contributed by atoms with Crippen molar-refractivity contribution in [1.29, 1.82) is 0 Å². The molecule has 3 amide bonds. The summed E-state index contributed by atoms with van der Waals surface area (Å²) in [6.45, 7) is -0.660. The van der Waals surface area contributed by atoms with Gasteiger partial charge >= 0.3 is 11.9 Å². The Morgan fingerprint density at radius 3 is 1.61 bits per heavy atom. The standard InChI is InChI=1S/C26H32N4O8/c27-18(15-31)23(34)29-20(13-16-7-3-1-4-8-16)25(36)28-19(11-12-22(32)33)24(35)30-21(26(37)38)14-17-9-5-2-6-10-17/h1-10,18-21,31H,11-15,27H2,(H,28,36)(H,29,34)(H,30,35)(H,32,33)(H,37,38). The fraction of sp³-hybridized carbons (Fsp3) is 0.346. The Bertz CT molecular complexity index is 1100. The highest BCUT2D eigenvalue weighted by Crippen LogP contribution is 2.08. The quantitative estimate of drug-likeness (QED) is 0.154. The first-order chi connectivity index (χ1) is 18.1. The average molecular weight is 529 g/mol. The summed E-state index contributed by atoms with van der Waals surface area (Å²) in [7, 11) is 0. The van der Waals surface area contributed by atoms with Crippen LogP contribution in [0.25, 0.3) is 0 Å². The molecule has 0 spiro atoms. The maximum absolute atomic E-state index is 13.2. The predicted molar refractivity (Wildman–Crippen MR) is 136 cm³/mol. The minimum Gasteiger partial charge on any atom is -0.481 e. The fourth-order valence-electron chi connectivity index (χ4n) is 3.55. The third kappa shape index (κ3) is 9.99. The Kier molecular flexibility index (Phi) is 11.9. The number of carbonyl (C=O) groups is 5. The van der Waals surface area contributed by atoms with Gasteiger partial charge < -0.3 is 37.0 Å². The fourth-order valence-corrected chi connectivity index (χ4v) is 3.55. The molecule has 0 aliphatic heterocycles. The third-order valence-electron chi connectivity index (χ3n) is 5.63. The number of aliphatic hydroxyl groups excluding tert-OH is 1. The van der Waals surface area contributed by atoms with Gasteiger partial charge in [-0.3, -0.25) is 19.2 Å². The van der Waals surface area contributed by atoms with Crippen molar-refractivity contribution in [2.75, 3.05) is 6.61 Å². The second-order valence-corrected chi connectivity index (χ2v) is 8.62. The largest absolute Gasteiger partial charge is 0.481 e. The molecule has 0 aliphatic carbocycles. The minimum absolute atomic E-state index is 0.00951. The average Bonchev–Trinajstić information content (AvgIpc) is 2.90. The van der Waals surface area contributed by atoms with E-state index in [2.05, 4.69) is 16.0 Å². The van der Waals surface area contributed by atoms with Crippen LogP contribution in [0.15, 0.2) is 60.7 Å². The summed E-state index contributed by atoms with van der Waals surface area (Å²) in [6.07, 6.45) is -0.838. The van der Waals surface area contributed by atoms with Crippen LogP contribution in [-0.2, 0) is 36.8 Å². The van der Waals surface area contributed by atoms with E-state index in [0.29, 0.717) is 11.1 Å². The summed E-state index contributed by atoms with van der Waals surface area (Å²) in [5.41, 5.74) is 6.88. The van der Waals surface area contributed by atoms with Crippen molar-refractivity contribution in [3.8, 4) is 0 Å². The smallest absolute Gasteiger partial charge is 0.326 e. The number of aliphatic hydroxyl groups is 1. The molecule has 2 aromatic rings. The van der Waals surface area contributed by atoms with Gasteiger partial charge in [0.1, 0.15) is 24.2 Å². The molecule has 0 fully saturated rings. The molecule has 0 heterocycles. The molecule has 0 radical (unpaired) electrons. The van der Waals surface area contributed by atoms with Crippen LogP contribution in [0.5, 0.6) is 0 Å². The number of amides is 3. The van der Waals surface area contributed by atoms with Crippen molar-refractivity contribution in [3.63, 3.8) is 0 Å². The minimum atomic E-state index is -1.40. The van der Waals surface area contributed by atoms with E-state index in [1.807, 2.05) is 0 Å². The molecule has 12 nitrogen and oxygen atoms in total. The summed E-state index contributed by atoms with van der Waals surface area (Å²) >= 11 is 0. The Morgan fingerprint density at radius 2 is 1.13 bits per heavy atom. The van der Waals surface area contributed by atoms with Gasteiger partial charge in [0.25, 0.3) is 0 Å². The molecule has 0 aromatic heterocycles. The number of rotatable bonds is 15. The van der Waals surface area contributed by atoms with Crippen molar-refractivity contribution in [2.24, 2.45) is 5.73 Å². The summed E-state index contributed by atoms with van der Waals surface area (Å²) in [5.74, 6) is -5.03. The first-order valence-corrected chi connectivity index (χ1v) is 11.9. The zero-order valence-corrected chi connectivity index (χ0v) is 20.6. The number of hydrogen-bond donors (Lipinski definition) is 7. The summed E-state index contributed by atoms with van der Waals surface area (Å²) in [5, 5.41) is 35.2. The number of hydrogen-bond acceptors (Lipinski definition) is 7. The maximum Gasteiger partial charge on any atom is 0.326 e. The maximum atomic E-state index is 13.2. The molecule has 4 unspecified atom stereocenters. The van der Waals surface area contributed by atoms with Gasteiger partial charge in [0, 0.05) is 19.3 Å². The van der Waals surface area contributed by atoms with E-state index in [9.17, 15) is 34.2 Å². The SMILES string of the molecule is NC(CO)C(=O)NC(Cc1ccccc1)C(=O)NC(CCC(=O)O)C(=O)NC(Cc1ccccc1)C(=O)O. The number of nitrogens with two attached hydrogens (primary N) is 1. The topological polar surface area (TPSA) is 208 Å². The van der Waals surface area contributed by atoms with E-state index in [1.165, 1.54) is 0 Å². The zero-order valence-electron chi connectivity index (χ0n) is 20.6. The summed E-state index contributed by atoms with van der Waals surface area (Å²) < 4.78 is 0. The lowest BCUT2D eigenvalue weighted by Gasteiger charge is -2.25. The molecule has 0 saturated heterocycles. The third-order valence-corrected chi connectivity index (χ3v) is 5.63. The summed E-state index contributed by atoms with van der Waals surface area (Å²) in [4.78, 5) is 61.5. The van der Waals surface area contributed by atoms with Crippen molar-refractivity contribution in [1.82, 2.24) is 16.0 Å². The van der Waals surface area contributed by atoms with Gasteiger partial charge in [-0.05, 0) is 17.5 Å². The van der Waals surface area contributed by atoms with Gasteiger partial charge in [0.2, 0.25) is 17.7 Å². The molecule has 12 heteroatoms. The lowest BCUT2D eigenvalue weighted by atomic mass is 10.0. The van der Waals surface area contributed by atoms with E-state index in [0.717, 1.165) is 0 Å². The molecule has 2 rings (SSSR count). The lowest BCUT2D eigenvalue weighted by Crippen LogP contribution is -2.58. The number of aliphatic carboxylic acids is 2. The molecule has 4 atom stereocenters. The predicted octanol–water partition coefficient (Wildman–Crippen LogP) is -0.805. The van der Waals surface area contributed by atoms with Gasteiger partial charge in [-0.15, -0.1) is 0 Å². The van der Waals surface area contributed by atoms with E-state index < -0.39 is 66.9 Å². The summed E-state index contributed by atoms with van der Waals surface area (Å²) in [6, 6.07) is 12.0. The van der Waals surface area contributed by atoms with E-state index in [1.54, 1.807) is 60.7 Å². The Hall–Kier alpha value is -4.29. The lowest BCUT2D eigenvalue weighted by molar-refractivity contribution is -0.143. The second kappa shape index (κ2) is 15.1. The molecule has 0 aliphatic rings. The van der Waals surface area contributed by atoms with E-state index >= 15 is 0 Å². The first kappa shape index (κ1) is 29.9. The van der Waals surface area contributed by atoms with Crippen LogP contribution in [0.4, 0.5) is 0 Å².